The van der Waals surface area contributed by atoms with Crippen LogP contribution in [0.5, 0.6) is 0 Å². The lowest BCUT2D eigenvalue weighted by Gasteiger charge is -2.42. The summed E-state index contributed by atoms with van der Waals surface area (Å²) in [7, 11) is 1.57. The Morgan fingerprint density at radius 1 is 1.24 bits per heavy atom. The molecule has 1 aromatic carbocycles. The van der Waals surface area contributed by atoms with E-state index < -0.39 is 0 Å². The molecule has 0 spiro atoms. The van der Waals surface area contributed by atoms with E-state index in [1.165, 1.54) is 5.01 Å². The first-order valence-corrected chi connectivity index (χ1v) is 5.58. The van der Waals surface area contributed by atoms with Crippen LogP contribution in [0.15, 0.2) is 24.3 Å². The Bertz CT molecular complexity index is 500. The zero-order chi connectivity index (χ0) is 12.0. The molecule has 17 heavy (non-hydrogen) atoms. The fourth-order valence-corrected chi connectivity index (χ4v) is 2.44. The average Bonchev–Trinajstić information content (AvgIpc) is 2.34. The van der Waals surface area contributed by atoms with E-state index in [1.54, 1.807) is 11.9 Å². The summed E-state index contributed by atoms with van der Waals surface area (Å²) in [5.74, 6) is -0.110. The van der Waals surface area contributed by atoms with Crippen molar-refractivity contribution in [3.8, 4) is 0 Å². The topological polar surface area (TPSA) is 52.7 Å². The Balaban J connectivity index is 2.00. The molecule has 0 bridgehead atoms. The summed E-state index contributed by atoms with van der Waals surface area (Å²) < 4.78 is 0. The lowest BCUT2D eigenvalue weighted by Crippen LogP contribution is -2.65. The van der Waals surface area contributed by atoms with Crippen molar-refractivity contribution in [1.29, 1.82) is 0 Å². The van der Waals surface area contributed by atoms with E-state index >= 15 is 0 Å². The third kappa shape index (κ3) is 1.46. The summed E-state index contributed by atoms with van der Waals surface area (Å²) in [4.78, 5) is 25.4. The Kier molecular flexibility index (Phi) is 2.07. The van der Waals surface area contributed by atoms with Gasteiger partial charge in [0.25, 0.3) is 5.91 Å². The molecule has 1 saturated heterocycles. The molecule has 0 aliphatic carbocycles. The number of hydrogen-bond acceptors (Lipinski definition) is 2. The molecule has 1 N–H and O–H groups in total. The highest BCUT2D eigenvalue weighted by Crippen LogP contribution is 2.25. The molecule has 2 heterocycles. The molecule has 88 valence electrons. The van der Waals surface area contributed by atoms with Crippen LogP contribution in [0.2, 0.25) is 0 Å². The number of rotatable bonds is 0. The molecule has 3 amide bonds. The molecular weight excluding hydrogens is 218 g/mol. The molecular formula is C12H13N3O2. The summed E-state index contributed by atoms with van der Waals surface area (Å²) in [6, 6.07) is 7.42. The number of hydrazine groups is 1. The van der Waals surface area contributed by atoms with E-state index in [9.17, 15) is 9.59 Å². The van der Waals surface area contributed by atoms with E-state index in [0.29, 0.717) is 13.0 Å². The maximum Gasteiger partial charge on any atom is 0.339 e. The minimum atomic E-state index is -0.367. The van der Waals surface area contributed by atoms with Gasteiger partial charge in [-0.2, -0.15) is 0 Å². The number of nitrogens with one attached hydrogen (secondary N) is 1. The highest BCUT2D eigenvalue weighted by atomic mass is 16.2. The van der Waals surface area contributed by atoms with Crippen LogP contribution in [-0.4, -0.2) is 34.9 Å². The largest absolute Gasteiger partial charge is 0.339 e. The Morgan fingerprint density at radius 2 is 1.94 bits per heavy atom. The number of amides is 3. The molecule has 5 heteroatoms. The maximum atomic E-state index is 12.0. The molecule has 2 aliphatic heterocycles. The summed E-state index contributed by atoms with van der Waals surface area (Å²) in [6.07, 6.45) is 0.599. The van der Waals surface area contributed by atoms with E-state index in [2.05, 4.69) is 5.43 Å². The zero-order valence-corrected chi connectivity index (χ0v) is 9.51. The summed E-state index contributed by atoms with van der Waals surface area (Å²) in [5.41, 5.74) is 4.84. The third-order valence-electron chi connectivity index (χ3n) is 3.36. The van der Waals surface area contributed by atoms with Crippen LogP contribution in [0.25, 0.3) is 0 Å². The molecule has 1 unspecified atom stereocenters. The SMILES string of the molecule is CN1NC(=O)C2Cc3ccccc3CN2C1=O. The van der Waals surface area contributed by atoms with Crippen molar-refractivity contribution < 1.29 is 9.59 Å². The van der Waals surface area contributed by atoms with Gasteiger partial charge in [0.2, 0.25) is 0 Å². The molecule has 5 nitrogen and oxygen atoms in total. The van der Waals surface area contributed by atoms with Gasteiger partial charge in [0.05, 0.1) is 0 Å². The minimum absolute atomic E-state index is 0.110. The van der Waals surface area contributed by atoms with Crippen LogP contribution >= 0.6 is 0 Å². The molecule has 0 radical (unpaired) electrons. The maximum absolute atomic E-state index is 12.0. The predicted octanol–water partition coefficient (Wildman–Crippen LogP) is 0.510. The molecule has 0 saturated carbocycles. The number of carbonyl (C=O) groups excluding carboxylic acids is 2. The summed E-state index contributed by atoms with van der Waals surface area (Å²) in [6.45, 7) is 0.511. The van der Waals surface area contributed by atoms with Gasteiger partial charge in [-0.1, -0.05) is 24.3 Å². The number of nitrogens with zero attached hydrogens (tertiary/aromatic N) is 2. The van der Waals surface area contributed by atoms with Gasteiger partial charge in [-0.05, 0) is 11.1 Å². The first-order valence-electron chi connectivity index (χ1n) is 5.58. The van der Waals surface area contributed by atoms with Crippen molar-refractivity contribution in [3.63, 3.8) is 0 Å². The minimum Gasteiger partial charge on any atom is -0.306 e. The van der Waals surface area contributed by atoms with Crippen molar-refractivity contribution in [3.05, 3.63) is 35.4 Å². The number of urea groups is 1. The molecule has 1 fully saturated rings. The number of benzene rings is 1. The Labute approximate surface area is 99.0 Å². The van der Waals surface area contributed by atoms with Crippen LogP contribution < -0.4 is 5.43 Å². The Morgan fingerprint density at radius 3 is 2.71 bits per heavy atom. The summed E-state index contributed by atoms with van der Waals surface area (Å²) in [5, 5.41) is 1.24. The van der Waals surface area contributed by atoms with Gasteiger partial charge in [-0.3, -0.25) is 10.2 Å². The average molecular weight is 231 g/mol. The van der Waals surface area contributed by atoms with Gasteiger partial charge >= 0.3 is 6.03 Å². The highest BCUT2D eigenvalue weighted by Gasteiger charge is 2.40. The van der Waals surface area contributed by atoms with Crippen molar-refractivity contribution in [1.82, 2.24) is 15.3 Å². The lowest BCUT2D eigenvalue weighted by atomic mass is 9.93. The van der Waals surface area contributed by atoms with Crippen molar-refractivity contribution >= 4 is 11.9 Å². The molecule has 1 aromatic rings. The van der Waals surface area contributed by atoms with Crippen LogP contribution in [0.3, 0.4) is 0 Å². The third-order valence-corrected chi connectivity index (χ3v) is 3.36. The van der Waals surface area contributed by atoms with Gasteiger partial charge in [0, 0.05) is 20.0 Å². The zero-order valence-electron chi connectivity index (χ0n) is 9.51. The lowest BCUT2D eigenvalue weighted by molar-refractivity contribution is -0.133. The summed E-state index contributed by atoms with van der Waals surface area (Å²) >= 11 is 0. The standard InChI is InChI=1S/C12H13N3O2/c1-14-12(17)15-7-9-5-3-2-4-8(9)6-10(15)11(16)13-14/h2-5,10H,6-7H2,1H3,(H,13,16). The second-order valence-corrected chi connectivity index (χ2v) is 4.43. The van der Waals surface area contributed by atoms with E-state index in [-0.39, 0.29) is 18.0 Å². The molecule has 2 aliphatic rings. The monoisotopic (exact) mass is 231 g/mol. The number of hydrogen-bond donors (Lipinski definition) is 1. The fourth-order valence-electron chi connectivity index (χ4n) is 2.44. The number of fused-ring (bicyclic) bond motifs is 2. The fraction of sp³-hybridized carbons (Fsp3) is 0.333. The smallest absolute Gasteiger partial charge is 0.306 e. The molecule has 0 aromatic heterocycles. The van der Waals surface area contributed by atoms with E-state index in [1.807, 2.05) is 24.3 Å². The van der Waals surface area contributed by atoms with E-state index in [4.69, 9.17) is 0 Å². The second kappa shape index (κ2) is 3.48. The van der Waals surface area contributed by atoms with Crippen molar-refractivity contribution in [2.24, 2.45) is 0 Å². The second-order valence-electron chi connectivity index (χ2n) is 4.43. The van der Waals surface area contributed by atoms with Crippen molar-refractivity contribution in [2.75, 3.05) is 7.05 Å². The van der Waals surface area contributed by atoms with Crippen LogP contribution in [0.1, 0.15) is 11.1 Å². The van der Waals surface area contributed by atoms with E-state index in [0.717, 1.165) is 11.1 Å². The van der Waals surface area contributed by atoms with Gasteiger partial charge < -0.3 is 4.90 Å². The van der Waals surface area contributed by atoms with Gasteiger partial charge in [0.15, 0.2) is 0 Å². The van der Waals surface area contributed by atoms with Crippen LogP contribution in [-0.2, 0) is 17.8 Å². The first kappa shape index (κ1) is 10.1. The normalized spacial score (nSPS) is 23.0. The van der Waals surface area contributed by atoms with Gasteiger partial charge in [-0.15, -0.1) is 0 Å². The Hall–Kier alpha value is -2.04. The number of carbonyl (C=O) groups is 2. The van der Waals surface area contributed by atoms with Crippen LogP contribution in [0.4, 0.5) is 4.79 Å². The van der Waals surface area contributed by atoms with Crippen molar-refractivity contribution in [2.45, 2.75) is 19.0 Å². The molecule has 1 atom stereocenters. The van der Waals surface area contributed by atoms with Crippen LogP contribution in [0, 0.1) is 0 Å². The quantitative estimate of drug-likeness (QED) is 0.707. The first-order chi connectivity index (χ1) is 8.16. The molecule has 3 rings (SSSR count). The predicted molar refractivity (Wildman–Crippen MR) is 60.8 cm³/mol. The highest BCUT2D eigenvalue weighted by molar-refractivity contribution is 5.92. The van der Waals surface area contributed by atoms with Gasteiger partial charge in [-0.25, -0.2) is 9.80 Å². The van der Waals surface area contributed by atoms with Gasteiger partial charge in [0.1, 0.15) is 6.04 Å².